The fourth-order valence-electron chi connectivity index (χ4n) is 6.69. The van der Waals surface area contributed by atoms with Gasteiger partial charge in [0.25, 0.3) is 0 Å². The van der Waals surface area contributed by atoms with Crippen LogP contribution in [-0.4, -0.2) is 77.2 Å². The van der Waals surface area contributed by atoms with Crippen LogP contribution < -0.4 is 16.1 Å². The fourth-order valence-corrected chi connectivity index (χ4v) is 6.88. The molecule has 1 unspecified atom stereocenters. The van der Waals surface area contributed by atoms with Gasteiger partial charge in [-0.2, -0.15) is 0 Å². The molecule has 46 heavy (non-hydrogen) atoms. The summed E-state index contributed by atoms with van der Waals surface area (Å²) in [4.78, 5) is 61.5. The minimum Gasteiger partial charge on any atom is -0.467 e. The topological polar surface area (TPSA) is 146 Å². The van der Waals surface area contributed by atoms with Crippen LogP contribution in [0.4, 0.5) is 0 Å². The van der Waals surface area contributed by atoms with Gasteiger partial charge in [0.2, 0.25) is 17.7 Å². The summed E-state index contributed by atoms with van der Waals surface area (Å²) >= 11 is 6.23. The van der Waals surface area contributed by atoms with Gasteiger partial charge < -0.3 is 25.4 Å². The van der Waals surface area contributed by atoms with Gasteiger partial charge in [-0.1, -0.05) is 77.1 Å². The molecule has 4 rings (SSSR count). The summed E-state index contributed by atoms with van der Waals surface area (Å²) in [5, 5.41) is 17.0. The van der Waals surface area contributed by atoms with E-state index in [4.69, 9.17) is 21.2 Å². The normalized spacial score (nSPS) is 23.7. The van der Waals surface area contributed by atoms with E-state index < -0.39 is 53.0 Å². The van der Waals surface area contributed by atoms with Crippen molar-refractivity contribution in [3.05, 3.63) is 40.9 Å². The predicted molar refractivity (Wildman–Crippen MR) is 174 cm³/mol. The van der Waals surface area contributed by atoms with Crippen molar-refractivity contribution in [3.8, 4) is 0 Å². The van der Waals surface area contributed by atoms with E-state index in [2.05, 4.69) is 16.1 Å². The number of ether oxygens (including phenoxy) is 1. The maximum Gasteiger partial charge on any atom is 0.336 e. The number of nitrogens with zero attached hydrogens (tertiary/aromatic N) is 1. The summed E-state index contributed by atoms with van der Waals surface area (Å²) in [6.07, 6.45) is 7.02. The number of nitrogens with one attached hydrogen (secondary N) is 3. The van der Waals surface area contributed by atoms with Gasteiger partial charge in [-0.05, 0) is 48.8 Å². The minimum absolute atomic E-state index is 0.0318. The van der Waals surface area contributed by atoms with Crippen molar-refractivity contribution in [1.29, 1.82) is 0 Å². The van der Waals surface area contributed by atoms with Crippen molar-refractivity contribution in [1.82, 2.24) is 21.0 Å². The molecule has 2 aliphatic heterocycles. The number of aliphatic hydroxyl groups excluding tert-OH is 1. The molecular weight excluding hydrogens is 612 g/mol. The van der Waals surface area contributed by atoms with Crippen molar-refractivity contribution in [2.45, 2.75) is 115 Å². The van der Waals surface area contributed by atoms with Crippen LogP contribution in [0.15, 0.2) is 30.3 Å². The van der Waals surface area contributed by atoms with E-state index in [1.165, 1.54) is 18.4 Å². The molecule has 2 fully saturated rings. The number of hydroxylamine groups is 1. The van der Waals surface area contributed by atoms with Gasteiger partial charge in [0, 0.05) is 23.4 Å². The number of carbonyl (C=O) groups excluding carboxylic acids is 4. The molecule has 1 aromatic carbocycles. The quantitative estimate of drug-likeness (QED) is 0.262. The van der Waals surface area contributed by atoms with Gasteiger partial charge in [-0.3, -0.25) is 24.7 Å². The number of methoxy groups -OCH3 is 1. The molecule has 3 aliphatic rings. The van der Waals surface area contributed by atoms with Crippen molar-refractivity contribution >= 4 is 41.0 Å². The Kier molecular flexibility index (Phi) is 11.8. The zero-order chi connectivity index (χ0) is 33.6. The third-order valence-corrected chi connectivity index (χ3v) is 9.45. The average molecular weight is 661 g/mol. The molecule has 5 atom stereocenters. The zero-order valence-corrected chi connectivity index (χ0v) is 28.3. The molecule has 0 radical (unpaired) electrons. The van der Waals surface area contributed by atoms with Gasteiger partial charge in [0.05, 0.1) is 25.4 Å². The first kappa shape index (κ1) is 35.7. The second-order valence-electron chi connectivity index (χ2n) is 14.0. The summed E-state index contributed by atoms with van der Waals surface area (Å²) in [6.45, 7) is 7.54. The van der Waals surface area contributed by atoms with Crippen LogP contribution in [0.1, 0.15) is 91.0 Å². The van der Waals surface area contributed by atoms with Gasteiger partial charge in [-0.25, -0.2) is 4.79 Å². The van der Waals surface area contributed by atoms with Crippen molar-refractivity contribution in [2.24, 2.45) is 11.3 Å². The molecule has 254 valence electrons. The fraction of sp³-hybridized carbons (Fsp3) is 0.647. The molecule has 0 bridgehead atoms. The number of hydrogen-bond acceptors (Lipinski definition) is 8. The molecule has 0 aromatic heterocycles. The molecule has 11 nitrogen and oxygen atoms in total. The van der Waals surface area contributed by atoms with Gasteiger partial charge in [-0.15, -0.1) is 0 Å². The second-order valence-corrected chi connectivity index (χ2v) is 14.4. The van der Waals surface area contributed by atoms with Crippen molar-refractivity contribution < 1.29 is 33.9 Å². The van der Waals surface area contributed by atoms with Crippen LogP contribution in [0.25, 0.3) is 5.70 Å². The third-order valence-electron chi connectivity index (χ3n) is 9.21. The van der Waals surface area contributed by atoms with Crippen molar-refractivity contribution in [2.75, 3.05) is 13.7 Å². The first-order valence-electron chi connectivity index (χ1n) is 16.4. The van der Waals surface area contributed by atoms with Gasteiger partial charge in [0.15, 0.2) is 6.10 Å². The summed E-state index contributed by atoms with van der Waals surface area (Å²) < 4.78 is 4.71. The SMILES string of the molecule is CCC[C@H](NC(=O)[C@@H]1C[C@]2(C=C(c3cccc(Cl)c3)NO2)CN1C(=O)[C@@H](NC(=O)CC1CCCCC1)C(C)(C)C)C(O)C(=O)OC. The first-order valence-corrected chi connectivity index (χ1v) is 16.7. The Morgan fingerprint density at radius 2 is 1.89 bits per heavy atom. The summed E-state index contributed by atoms with van der Waals surface area (Å²) in [5.74, 6) is -1.69. The van der Waals surface area contributed by atoms with E-state index in [1.54, 1.807) is 12.1 Å². The number of aliphatic hydroxyl groups is 1. The molecule has 1 aromatic rings. The standard InChI is InChI=1S/C34H49ClN4O7/c1-6-11-24(28(41)32(44)45-5)36-30(42)26-19-34(18-25(38-46-34)22-14-10-15-23(35)17-22)20-39(26)31(43)29(33(2,3)4)37-27(40)16-21-12-8-7-9-13-21/h10,14-15,17-18,21,24,26,28-29,38,41H,6-9,11-13,16,19-20H2,1-5H3,(H,36,42)(H,37,40)/t24-,26-,28?,29+,34+/m0/s1. The third kappa shape index (κ3) is 8.60. The monoisotopic (exact) mass is 660 g/mol. The Labute approximate surface area is 276 Å². The molecule has 1 saturated heterocycles. The molecule has 1 spiro atoms. The van der Waals surface area contributed by atoms with E-state index in [0.29, 0.717) is 35.9 Å². The van der Waals surface area contributed by atoms with E-state index in [0.717, 1.165) is 31.2 Å². The summed E-state index contributed by atoms with van der Waals surface area (Å²) in [5.41, 5.74) is 2.65. The molecule has 1 saturated carbocycles. The minimum atomic E-state index is -1.58. The number of likely N-dealkylation sites (tertiary alicyclic amines) is 1. The summed E-state index contributed by atoms with van der Waals surface area (Å²) in [6, 6.07) is 4.38. The summed E-state index contributed by atoms with van der Waals surface area (Å²) in [7, 11) is 1.17. The van der Waals surface area contributed by atoms with Crippen LogP contribution in [0.5, 0.6) is 0 Å². The average Bonchev–Trinajstić information content (AvgIpc) is 3.62. The Morgan fingerprint density at radius 3 is 2.52 bits per heavy atom. The van der Waals surface area contributed by atoms with Crippen LogP contribution in [0.2, 0.25) is 5.02 Å². The molecule has 4 N–H and O–H groups in total. The maximum atomic E-state index is 14.5. The predicted octanol–water partition coefficient (Wildman–Crippen LogP) is 3.88. The molecule has 1 aliphatic carbocycles. The van der Waals surface area contributed by atoms with Crippen LogP contribution in [0, 0.1) is 11.3 Å². The van der Waals surface area contributed by atoms with E-state index in [1.807, 2.05) is 45.9 Å². The first-order chi connectivity index (χ1) is 21.8. The van der Waals surface area contributed by atoms with Gasteiger partial charge >= 0.3 is 5.97 Å². The van der Waals surface area contributed by atoms with Gasteiger partial charge in [0.1, 0.15) is 17.7 Å². The molecule has 12 heteroatoms. The lowest BCUT2D eigenvalue weighted by Crippen LogP contribution is -2.59. The highest BCUT2D eigenvalue weighted by Crippen LogP contribution is 2.39. The number of carbonyl (C=O) groups is 4. The van der Waals surface area contributed by atoms with Crippen LogP contribution in [-0.2, 0) is 28.8 Å². The Morgan fingerprint density at radius 1 is 1.17 bits per heavy atom. The highest BCUT2D eigenvalue weighted by molar-refractivity contribution is 6.30. The smallest absolute Gasteiger partial charge is 0.336 e. The highest BCUT2D eigenvalue weighted by atomic mass is 35.5. The van der Waals surface area contributed by atoms with Crippen LogP contribution >= 0.6 is 11.6 Å². The Balaban J connectivity index is 1.63. The molecule has 3 amide bonds. The Hall–Kier alpha value is -3.15. The number of rotatable bonds is 11. The van der Waals surface area contributed by atoms with Crippen LogP contribution in [0.3, 0.4) is 0 Å². The second kappa shape index (κ2) is 15.2. The number of benzene rings is 1. The number of amides is 3. The largest absolute Gasteiger partial charge is 0.467 e. The zero-order valence-electron chi connectivity index (χ0n) is 27.6. The number of esters is 1. The van der Waals surface area contributed by atoms with E-state index in [9.17, 15) is 24.3 Å². The highest BCUT2D eigenvalue weighted by Gasteiger charge is 2.54. The lowest BCUT2D eigenvalue weighted by Gasteiger charge is -2.36. The van der Waals surface area contributed by atoms with E-state index in [-0.39, 0.29) is 18.9 Å². The molecular formula is C34H49ClN4O7. The maximum absolute atomic E-state index is 14.5. The lowest BCUT2D eigenvalue weighted by atomic mass is 9.84. The van der Waals surface area contributed by atoms with E-state index >= 15 is 0 Å². The number of halogens is 1. The Bertz CT molecular complexity index is 1310. The van der Waals surface area contributed by atoms with Crippen molar-refractivity contribution in [3.63, 3.8) is 0 Å². The lowest BCUT2D eigenvalue weighted by molar-refractivity contribution is -0.153. The number of hydrogen-bond donors (Lipinski definition) is 4. The molecule has 2 heterocycles.